The van der Waals surface area contributed by atoms with E-state index in [9.17, 15) is 5.11 Å². The van der Waals surface area contributed by atoms with Crippen LogP contribution in [0.4, 0.5) is 0 Å². The van der Waals surface area contributed by atoms with Crippen LogP contribution >= 0.6 is 15.9 Å². The first-order chi connectivity index (χ1) is 8.47. The van der Waals surface area contributed by atoms with Crippen LogP contribution in [-0.2, 0) is 11.3 Å². The average molecular weight is 312 g/mol. The Morgan fingerprint density at radius 1 is 1.33 bits per heavy atom. The lowest BCUT2D eigenvalue weighted by Crippen LogP contribution is -2.24. The normalized spacial score (nSPS) is 12.2. The van der Waals surface area contributed by atoms with E-state index in [4.69, 9.17) is 4.74 Å². The molecule has 1 heterocycles. The van der Waals surface area contributed by atoms with Gasteiger partial charge in [0.25, 0.3) is 0 Å². The van der Waals surface area contributed by atoms with Crippen LogP contribution in [0.5, 0.6) is 0 Å². The van der Waals surface area contributed by atoms with Gasteiger partial charge in [0.1, 0.15) is 0 Å². The van der Waals surface area contributed by atoms with Crippen molar-refractivity contribution in [1.29, 1.82) is 0 Å². The summed E-state index contributed by atoms with van der Waals surface area (Å²) >= 11 is 3.55. The van der Waals surface area contributed by atoms with Crippen LogP contribution in [0.2, 0.25) is 0 Å². The van der Waals surface area contributed by atoms with Gasteiger partial charge in [0.05, 0.1) is 6.61 Å². The summed E-state index contributed by atoms with van der Waals surface area (Å²) in [6.45, 7) is 4.73. The van der Waals surface area contributed by atoms with Crippen molar-refractivity contribution < 1.29 is 9.84 Å². The number of aryl methyl sites for hydroxylation is 1. The standard InChI is InChI=1S/C14H18BrNO2/c1-14(2,17)18-10-4-8-16-9-7-11-12(15)5-3-6-13(11)16/h3,5-7,9,17H,4,8,10H2,1-2H3. The van der Waals surface area contributed by atoms with Crippen LogP contribution in [-0.4, -0.2) is 22.1 Å². The summed E-state index contributed by atoms with van der Waals surface area (Å²) in [5.74, 6) is -1.04. The Bertz CT molecular complexity index is 528. The number of benzene rings is 1. The Kier molecular flexibility index (Phi) is 4.10. The molecule has 0 atom stereocenters. The Morgan fingerprint density at radius 2 is 2.11 bits per heavy atom. The molecular weight excluding hydrogens is 294 g/mol. The molecular formula is C14H18BrNO2. The molecule has 4 heteroatoms. The second kappa shape index (κ2) is 5.43. The molecule has 0 spiro atoms. The molecule has 0 bridgehead atoms. The summed E-state index contributed by atoms with van der Waals surface area (Å²) in [5.41, 5.74) is 1.22. The molecule has 0 unspecified atom stereocenters. The predicted molar refractivity (Wildman–Crippen MR) is 76.5 cm³/mol. The molecule has 3 nitrogen and oxygen atoms in total. The third kappa shape index (κ3) is 3.34. The molecule has 0 aliphatic carbocycles. The maximum atomic E-state index is 9.45. The second-order valence-corrected chi connectivity index (χ2v) is 5.68. The number of fused-ring (bicyclic) bond motifs is 1. The number of halogens is 1. The number of hydrogen-bond donors (Lipinski definition) is 1. The lowest BCUT2D eigenvalue weighted by atomic mass is 10.2. The summed E-state index contributed by atoms with van der Waals surface area (Å²) in [7, 11) is 0. The fourth-order valence-corrected chi connectivity index (χ4v) is 2.43. The van der Waals surface area contributed by atoms with Crippen LogP contribution < -0.4 is 0 Å². The minimum absolute atomic E-state index is 0.553. The number of rotatable bonds is 5. The van der Waals surface area contributed by atoms with Gasteiger partial charge in [-0.05, 0) is 38.5 Å². The van der Waals surface area contributed by atoms with Gasteiger partial charge < -0.3 is 14.4 Å². The summed E-state index contributed by atoms with van der Waals surface area (Å²) in [4.78, 5) is 0. The summed E-state index contributed by atoms with van der Waals surface area (Å²) in [6, 6.07) is 8.30. The number of ether oxygens (including phenoxy) is 1. The van der Waals surface area contributed by atoms with E-state index < -0.39 is 5.79 Å². The number of aliphatic hydroxyl groups is 1. The molecule has 1 N–H and O–H groups in total. The molecule has 0 fully saturated rings. The van der Waals surface area contributed by atoms with E-state index in [2.05, 4.69) is 38.8 Å². The molecule has 2 aromatic rings. The predicted octanol–water partition coefficient (Wildman–Crippen LogP) is 3.54. The van der Waals surface area contributed by atoms with Crippen LogP contribution in [0.15, 0.2) is 34.9 Å². The molecule has 18 heavy (non-hydrogen) atoms. The lowest BCUT2D eigenvalue weighted by molar-refractivity contribution is -0.176. The molecule has 0 saturated carbocycles. The van der Waals surface area contributed by atoms with E-state index in [1.807, 2.05) is 12.1 Å². The number of hydrogen-bond acceptors (Lipinski definition) is 2. The molecule has 0 aliphatic rings. The van der Waals surface area contributed by atoms with Crippen molar-refractivity contribution in [1.82, 2.24) is 4.57 Å². The van der Waals surface area contributed by atoms with Crippen molar-refractivity contribution in [3.63, 3.8) is 0 Å². The second-order valence-electron chi connectivity index (χ2n) is 4.83. The topological polar surface area (TPSA) is 34.4 Å². The highest BCUT2D eigenvalue weighted by Crippen LogP contribution is 2.24. The van der Waals surface area contributed by atoms with Gasteiger partial charge in [-0.15, -0.1) is 0 Å². The molecule has 1 aromatic heterocycles. The van der Waals surface area contributed by atoms with E-state index in [1.165, 1.54) is 10.9 Å². The van der Waals surface area contributed by atoms with Crippen molar-refractivity contribution >= 4 is 26.8 Å². The molecule has 0 aliphatic heterocycles. The summed E-state index contributed by atoms with van der Waals surface area (Å²) in [5, 5.41) is 10.7. The van der Waals surface area contributed by atoms with Crippen LogP contribution in [0, 0.1) is 0 Å². The van der Waals surface area contributed by atoms with Gasteiger partial charge in [-0.2, -0.15) is 0 Å². The first-order valence-corrected chi connectivity index (χ1v) is 6.86. The Balaban J connectivity index is 1.98. The highest BCUT2D eigenvalue weighted by Gasteiger charge is 2.11. The first kappa shape index (κ1) is 13.6. The van der Waals surface area contributed by atoms with Gasteiger partial charge in [-0.25, -0.2) is 0 Å². The zero-order valence-electron chi connectivity index (χ0n) is 10.7. The first-order valence-electron chi connectivity index (χ1n) is 6.07. The van der Waals surface area contributed by atoms with E-state index >= 15 is 0 Å². The average Bonchev–Trinajstić information content (AvgIpc) is 2.68. The minimum atomic E-state index is -1.04. The quantitative estimate of drug-likeness (QED) is 0.677. The number of nitrogens with zero attached hydrogens (tertiary/aromatic N) is 1. The van der Waals surface area contributed by atoms with Gasteiger partial charge in [0.2, 0.25) is 0 Å². The van der Waals surface area contributed by atoms with Gasteiger partial charge in [-0.1, -0.05) is 22.0 Å². The van der Waals surface area contributed by atoms with E-state index in [1.54, 1.807) is 13.8 Å². The van der Waals surface area contributed by atoms with Crippen LogP contribution in [0.25, 0.3) is 10.9 Å². The zero-order valence-corrected chi connectivity index (χ0v) is 12.3. The van der Waals surface area contributed by atoms with Crippen molar-refractivity contribution in [2.24, 2.45) is 0 Å². The highest BCUT2D eigenvalue weighted by molar-refractivity contribution is 9.10. The maximum absolute atomic E-state index is 9.45. The molecule has 0 radical (unpaired) electrons. The highest BCUT2D eigenvalue weighted by atomic mass is 79.9. The molecule has 0 saturated heterocycles. The Labute approximate surface area is 115 Å². The summed E-state index contributed by atoms with van der Waals surface area (Å²) in [6.07, 6.45) is 2.96. The SMILES string of the molecule is CC(C)(O)OCCCn1ccc2c(Br)cccc21. The minimum Gasteiger partial charge on any atom is -0.366 e. The monoisotopic (exact) mass is 311 g/mol. The van der Waals surface area contributed by atoms with Crippen LogP contribution in [0.1, 0.15) is 20.3 Å². The number of aromatic nitrogens is 1. The van der Waals surface area contributed by atoms with Gasteiger partial charge in [0.15, 0.2) is 5.79 Å². The van der Waals surface area contributed by atoms with E-state index in [-0.39, 0.29) is 0 Å². The van der Waals surface area contributed by atoms with Gasteiger partial charge in [-0.3, -0.25) is 0 Å². The van der Waals surface area contributed by atoms with Gasteiger partial charge >= 0.3 is 0 Å². The zero-order chi connectivity index (χ0) is 13.2. The lowest BCUT2D eigenvalue weighted by Gasteiger charge is -2.18. The molecule has 2 rings (SSSR count). The smallest absolute Gasteiger partial charge is 0.159 e. The van der Waals surface area contributed by atoms with E-state index in [0.29, 0.717) is 6.61 Å². The Morgan fingerprint density at radius 3 is 2.83 bits per heavy atom. The van der Waals surface area contributed by atoms with Crippen molar-refractivity contribution in [3.05, 3.63) is 34.9 Å². The molecule has 98 valence electrons. The van der Waals surface area contributed by atoms with Crippen molar-refractivity contribution in [3.8, 4) is 0 Å². The van der Waals surface area contributed by atoms with Crippen LogP contribution in [0.3, 0.4) is 0 Å². The third-order valence-electron chi connectivity index (χ3n) is 2.76. The largest absolute Gasteiger partial charge is 0.366 e. The van der Waals surface area contributed by atoms with Crippen molar-refractivity contribution in [2.45, 2.75) is 32.6 Å². The van der Waals surface area contributed by atoms with Crippen molar-refractivity contribution in [2.75, 3.05) is 6.61 Å². The van der Waals surface area contributed by atoms with E-state index in [0.717, 1.165) is 17.4 Å². The third-order valence-corrected chi connectivity index (χ3v) is 3.45. The van der Waals surface area contributed by atoms with Gasteiger partial charge in [0, 0.05) is 28.1 Å². The molecule has 0 amide bonds. The fraction of sp³-hybridized carbons (Fsp3) is 0.429. The maximum Gasteiger partial charge on any atom is 0.159 e. The molecule has 1 aromatic carbocycles. The summed E-state index contributed by atoms with van der Waals surface area (Å²) < 4.78 is 8.62. The fourth-order valence-electron chi connectivity index (χ4n) is 1.94. The Hall–Kier alpha value is -0.840.